The van der Waals surface area contributed by atoms with E-state index in [4.69, 9.17) is 4.74 Å². The Kier molecular flexibility index (Phi) is 21.5. The Labute approximate surface area is 239 Å². The maximum absolute atomic E-state index is 12.7. The molecule has 38 heavy (non-hydrogen) atoms. The van der Waals surface area contributed by atoms with E-state index in [9.17, 15) is 4.79 Å². The quantitative estimate of drug-likeness (QED) is 0.115. The van der Waals surface area contributed by atoms with Crippen molar-refractivity contribution in [2.45, 2.75) is 212 Å². The summed E-state index contributed by atoms with van der Waals surface area (Å²) in [6, 6.07) is 0. The summed E-state index contributed by atoms with van der Waals surface area (Å²) in [4.78, 5) is 12.7. The van der Waals surface area contributed by atoms with Crippen molar-refractivity contribution in [3.05, 3.63) is 0 Å². The highest BCUT2D eigenvalue weighted by Crippen LogP contribution is 2.30. The molecule has 2 aliphatic carbocycles. The molecule has 2 fully saturated rings. The molecule has 0 bridgehead atoms. The Bertz CT molecular complexity index is 513. The van der Waals surface area contributed by atoms with Crippen LogP contribution in [-0.2, 0) is 9.53 Å². The van der Waals surface area contributed by atoms with Crippen LogP contribution in [-0.4, -0.2) is 12.1 Å². The molecule has 0 saturated heterocycles. The van der Waals surface area contributed by atoms with Crippen LogP contribution in [0.1, 0.15) is 206 Å². The van der Waals surface area contributed by atoms with Crippen LogP contribution in [0.15, 0.2) is 0 Å². The highest BCUT2D eigenvalue weighted by Gasteiger charge is 2.25. The molecule has 0 aromatic heterocycles. The Balaban J connectivity index is 1.58. The van der Waals surface area contributed by atoms with Crippen LogP contribution in [0.5, 0.6) is 0 Å². The molecular weight excluding hydrogens is 464 g/mol. The molecule has 0 aromatic carbocycles. The van der Waals surface area contributed by atoms with Crippen molar-refractivity contribution in [2.24, 2.45) is 11.8 Å². The maximum atomic E-state index is 12.7. The van der Waals surface area contributed by atoms with E-state index in [1.165, 1.54) is 180 Å². The van der Waals surface area contributed by atoms with E-state index in [2.05, 4.69) is 6.92 Å². The largest absolute Gasteiger partial charge is 0.462 e. The summed E-state index contributed by atoms with van der Waals surface area (Å²) in [5, 5.41) is 0. The molecule has 1 atom stereocenters. The fraction of sp³-hybridized carbons (Fsp3) is 0.972. The second-order valence-electron chi connectivity index (χ2n) is 13.3. The van der Waals surface area contributed by atoms with E-state index < -0.39 is 0 Å². The summed E-state index contributed by atoms with van der Waals surface area (Å²) in [7, 11) is 0. The first kappa shape index (κ1) is 33.7. The van der Waals surface area contributed by atoms with Crippen molar-refractivity contribution in [3.8, 4) is 0 Å². The summed E-state index contributed by atoms with van der Waals surface area (Å²) in [5.41, 5.74) is 0. The van der Waals surface area contributed by atoms with Crippen molar-refractivity contribution < 1.29 is 9.53 Å². The van der Waals surface area contributed by atoms with Gasteiger partial charge in [-0.15, -0.1) is 0 Å². The normalized spacial score (nSPS) is 19.3. The van der Waals surface area contributed by atoms with Gasteiger partial charge in [0, 0.05) is 6.42 Å². The fourth-order valence-electron chi connectivity index (χ4n) is 7.20. The van der Waals surface area contributed by atoms with E-state index in [1.807, 2.05) is 0 Å². The van der Waals surface area contributed by atoms with Gasteiger partial charge in [-0.1, -0.05) is 167 Å². The van der Waals surface area contributed by atoms with Gasteiger partial charge in [0.1, 0.15) is 6.10 Å². The van der Waals surface area contributed by atoms with Crippen LogP contribution in [0, 0.1) is 11.8 Å². The number of ether oxygens (including phenoxy) is 1. The van der Waals surface area contributed by atoms with Gasteiger partial charge in [-0.25, -0.2) is 0 Å². The minimum atomic E-state index is 0.0925. The average Bonchev–Trinajstić information content (AvgIpc) is 2.87. The van der Waals surface area contributed by atoms with Crippen molar-refractivity contribution in [1.82, 2.24) is 0 Å². The van der Waals surface area contributed by atoms with E-state index in [0.717, 1.165) is 18.8 Å². The Morgan fingerprint density at radius 3 is 1.66 bits per heavy atom. The van der Waals surface area contributed by atoms with Crippen molar-refractivity contribution in [2.75, 3.05) is 0 Å². The lowest BCUT2D eigenvalue weighted by molar-refractivity contribution is -0.153. The van der Waals surface area contributed by atoms with Crippen LogP contribution < -0.4 is 0 Å². The molecule has 0 aromatic rings. The summed E-state index contributed by atoms with van der Waals surface area (Å²) in [6.07, 6.45) is 41.7. The number of hydrogen-bond donors (Lipinski definition) is 0. The molecular formula is C36H68O2. The predicted octanol–water partition coefficient (Wildman–Crippen LogP) is 12.3. The van der Waals surface area contributed by atoms with Crippen molar-refractivity contribution in [3.63, 3.8) is 0 Å². The van der Waals surface area contributed by atoms with Gasteiger partial charge in [-0.2, -0.15) is 0 Å². The van der Waals surface area contributed by atoms with Gasteiger partial charge in [-0.05, 0) is 43.9 Å². The number of esters is 1. The molecule has 2 nitrogen and oxygen atoms in total. The second kappa shape index (κ2) is 24.3. The van der Waals surface area contributed by atoms with E-state index >= 15 is 0 Å². The molecule has 0 spiro atoms. The van der Waals surface area contributed by atoms with Crippen LogP contribution in [0.3, 0.4) is 0 Å². The standard InChI is InChI=1S/C36H68O2/c1-2-3-4-5-7-18-25-32-36(37)38-35(34-29-22-15-11-16-23-30-34)31-24-17-9-6-8-12-19-26-33-27-20-13-10-14-21-28-33/h33-35H,2-32H2,1H3. The first-order valence-electron chi connectivity index (χ1n) is 18.0. The lowest BCUT2D eigenvalue weighted by Gasteiger charge is -2.29. The van der Waals surface area contributed by atoms with Crippen LogP contribution >= 0.6 is 0 Å². The van der Waals surface area contributed by atoms with Crippen LogP contribution in [0.2, 0.25) is 0 Å². The first-order valence-corrected chi connectivity index (χ1v) is 18.0. The molecule has 2 saturated carbocycles. The Morgan fingerprint density at radius 2 is 1.05 bits per heavy atom. The number of rotatable bonds is 20. The number of hydrogen-bond acceptors (Lipinski definition) is 2. The van der Waals surface area contributed by atoms with Gasteiger partial charge < -0.3 is 4.74 Å². The van der Waals surface area contributed by atoms with Gasteiger partial charge in [-0.3, -0.25) is 4.79 Å². The molecule has 2 aliphatic rings. The highest BCUT2D eigenvalue weighted by molar-refractivity contribution is 5.69. The summed E-state index contributed by atoms with van der Waals surface area (Å²) in [5.74, 6) is 1.74. The topological polar surface area (TPSA) is 26.3 Å². The second-order valence-corrected chi connectivity index (χ2v) is 13.3. The molecule has 224 valence electrons. The lowest BCUT2D eigenvalue weighted by atomic mass is 9.85. The van der Waals surface area contributed by atoms with Crippen molar-refractivity contribution in [1.29, 1.82) is 0 Å². The Morgan fingerprint density at radius 1 is 0.579 bits per heavy atom. The van der Waals surface area contributed by atoms with Gasteiger partial charge in [0.15, 0.2) is 0 Å². The molecule has 2 heteroatoms. The van der Waals surface area contributed by atoms with E-state index in [1.54, 1.807) is 0 Å². The third-order valence-corrected chi connectivity index (χ3v) is 9.77. The van der Waals surface area contributed by atoms with Gasteiger partial charge >= 0.3 is 5.97 Å². The molecule has 0 radical (unpaired) electrons. The van der Waals surface area contributed by atoms with Crippen molar-refractivity contribution >= 4 is 5.97 Å². The zero-order chi connectivity index (χ0) is 26.9. The zero-order valence-electron chi connectivity index (χ0n) is 26.0. The summed E-state index contributed by atoms with van der Waals surface area (Å²) in [6.45, 7) is 2.27. The third kappa shape index (κ3) is 17.9. The maximum Gasteiger partial charge on any atom is 0.306 e. The smallest absolute Gasteiger partial charge is 0.306 e. The van der Waals surface area contributed by atoms with Crippen LogP contribution in [0.4, 0.5) is 0 Å². The number of carbonyl (C=O) groups excluding carboxylic acids is 1. The fourth-order valence-corrected chi connectivity index (χ4v) is 7.20. The number of carbonyl (C=O) groups is 1. The predicted molar refractivity (Wildman–Crippen MR) is 166 cm³/mol. The molecule has 0 heterocycles. The zero-order valence-corrected chi connectivity index (χ0v) is 26.0. The lowest BCUT2D eigenvalue weighted by Crippen LogP contribution is -2.28. The third-order valence-electron chi connectivity index (χ3n) is 9.77. The number of unbranched alkanes of at least 4 members (excludes halogenated alkanes) is 12. The summed E-state index contributed by atoms with van der Waals surface area (Å²) >= 11 is 0. The Hall–Kier alpha value is -0.530. The minimum Gasteiger partial charge on any atom is -0.462 e. The van der Waals surface area contributed by atoms with Gasteiger partial charge in [0.2, 0.25) is 0 Å². The van der Waals surface area contributed by atoms with E-state index in [0.29, 0.717) is 12.3 Å². The van der Waals surface area contributed by atoms with Crippen LogP contribution in [0.25, 0.3) is 0 Å². The molecule has 1 unspecified atom stereocenters. The molecule has 0 amide bonds. The molecule has 2 rings (SSSR count). The summed E-state index contributed by atoms with van der Waals surface area (Å²) < 4.78 is 6.23. The minimum absolute atomic E-state index is 0.0925. The SMILES string of the molecule is CCCCCCCCCC(=O)OC(CCCCCCCCCC1CCCCCCC1)C1CCCCCCC1. The van der Waals surface area contributed by atoms with E-state index in [-0.39, 0.29) is 12.1 Å². The average molecular weight is 533 g/mol. The monoisotopic (exact) mass is 533 g/mol. The highest BCUT2D eigenvalue weighted by atomic mass is 16.5. The molecule has 0 N–H and O–H groups in total. The molecule has 0 aliphatic heterocycles. The first-order chi connectivity index (χ1) is 18.8. The van der Waals surface area contributed by atoms with Gasteiger partial charge in [0.25, 0.3) is 0 Å². The van der Waals surface area contributed by atoms with Gasteiger partial charge in [0.05, 0.1) is 0 Å².